The number of ether oxygens (including phenoxy) is 1. The minimum absolute atomic E-state index is 0.107. The number of carbonyl (C=O) groups is 1. The summed E-state index contributed by atoms with van der Waals surface area (Å²) in [5, 5.41) is 3.52. The molecule has 2 unspecified atom stereocenters. The predicted octanol–water partition coefficient (Wildman–Crippen LogP) is 3.85. The second-order valence-electron chi connectivity index (χ2n) is 6.14. The topological polar surface area (TPSA) is 64.1 Å². The van der Waals surface area contributed by atoms with Crippen molar-refractivity contribution in [2.75, 3.05) is 5.32 Å². The van der Waals surface area contributed by atoms with Gasteiger partial charge in [-0.15, -0.1) is 0 Å². The molecule has 1 aliphatic rings. The number of esters is 1. The highest BCUT2D eigenvalue weighted by molar-refractivity contribution is 14.1. The van der Waals surface area contributed by atoms with Crippen molar-refractivity contribution in [1.82, 2.24) is 9.97 Å². The van der Waals surface area contributed by atoms with Crippen LogP contribution in [0.25, 0.3) is 0 Å². The Bertz CT molecular complexity index is 794. The molecule has 132 valence electrons. The number of aryl methyl sites for hydroxylation is 2. The molecule has 0 spiro atoms. The lowest BCUT2D eigenvalue weighted by Crippen LogP contribution is -2.27. The smallest absolute Gasteiger partial charge is 0.302 e. The molecule has 1 N–H and O–H groups in total. The normalized spacial score (nSPS) is 18.7. The van der Waals surface area contributed by atoms with Crippen LogP contribution >= 0.6 is 22.6 Å². The number of rotatable bonds is 5. The molecule has 6 heteroatoms. The number of halogens is 1. The molecule has 0 saturated heterocycles. The van der Waals surface area contributed by atoms with E-state index in [1.807, 2.05) is 12.1 Å². The summed E-state index contributed by atoms with van der Waals surface area (Å²) in [5.74, 6) is 0.530. The highest BCUT2D eigenvalue weighted by atomic mass is 127. The number of fused-ring (bicyclic) bond motifs is 1. The number of carbonyl (C=O) groups excluding carboxylic acids is 1. The standard InChI is InChI=1S/C19H22IN3O2/c1-4-14-18(20)21-15(5-2)19(22-14)23-17-13-9-7-6-8-12(13)10-16(17)25-11(3)24/h6-9,16-17H,4-5,10H2,1-3H3,(H,22,23). The fourth-order valence-corrected chi connectivity index (χ4v) is 4.06. The van der Waals surface area contributed by atoms with Crippen molar-refractivity contribution < 1.29 is 9.53 Å². The first-order valence-corrected chi connectivity index (χ1v) is 9.68. The molecule has 0 fully saturated rings. The van der Waals surface area contributed by atoms with Crippen molar-refractivity contribution in [3.8, 4) is 0 Å². The molecule has 2 atom stereocenters. The first kappa shape index (κ1) is 18.1. The largest absolute Gasteiger partial charge is 0.460 e. The van der Waals surface area contributed by atoms with Gasteiger partial charge in [0, 0.05) is 13.3 Å². The number of nitrogens with zero attached hydrogens (tertiary/aromatic N) is 2. The lowest BCUT2D eigenvalue weighted by Gasteiger charge is -2.23. The number of nitrogens with one attached hydrogen (secondary N) is 1. The van der Waals surface area contributed by atoms with Gasteiger partial charge in [0.15, 0.2) is 0 Å². The second kappa shape index (κ2) is 7.68. The average Bonchev–Trinajstić information content (AvgIpc) is 2.92. The zero-order valence-corrected chi connectivity index (χ0v) is 16.8. The third kappa shape index (κ3) is 3.78. The minimum atomic E-state index is -0.261. The Morgan fingerprint density at radius 2 is 1.96 bits per heavy atom. The van der Waals surface area contributed by atoms with Crippen molar-refractivity contribution in [3.63, 3.8) is 0 Å². The van der Waals surface area contributed by atoms with Gasteiger partial charge in [-0.1, -0.05) is 38.1 Å². The van der Waals surface area contributed by atoms with Crippen LogP contribution in [0.2, 0.25) is 0 Å². The number of hydrogen-bond acceptors (Lipinski definition) is 5. The van der Waals surface area contributed by atoms with E-state index in [0.717, 1.165) is 39.3 Å². The molecule has 3 rings (SSSR count). The molecule has 2 aromatic rings. The zero-order valence-electron chi connectivity index (χ0n) is 14.7. The highest BCUT2D eigenvalue weighted by Gasteiger charge is 2.35. The van der Waals surface area contributed by atoms with Gasteiger partial charge in [-0.2, -0.15) is 0 Å². The number of anilines is 1. The third-order valence-electron chi connectivity index (χ3n) is 4.45. The Morgan fingerprint density at radius 1 is 1.24 bits per heavy atom. The van der Waals surface area contributed by atoms with E-state index in [0.29, 0.717) is 6.42 Å². The van der Waals surface area contributed by atoms with Crippen molar-refractivity contribution in [1.29, 1.82) is 0 Å². The van der Waals surface area contributed by atoms with E-state index in [9.17, 15) is 4.79 Å². The number of hydrogen-bond donors (Lipinski definition) is 1. The SMILES string of the molecule is CCc1nc(NC2c3ccccc3CC2OC(C)=O)c(CC)nc1I. The maximum atomic E-state index is 11.5. The third-order valence-corrected chi connectivity index (χ3v) is 5.32. The molecule has 5 nitrogen and oxygen atoms in total. The van der Waals surface area contributed by atoms with E-state index in [4.69, 9.17) is 14.7 Å². The van der Waals surface area contributed by atoms with Crippen LogP contribution in [0, 0.1) is 3.70 Å². The van der Waals surface area contributed by atoms with Gasteiger partial charge in [-0.25, -0.2) is 9.97 Å². The minimum Gasteiger partial charge on any atom is -0.460 e. The van der Waals surface area contributed by atoms with Crippen LogP contribution in [-0.2, 0) is 28.8 Å². The number of benzene rings is 1. The van der Waals surface area contributed by atoms with Gasteiger partial charge in [0.2, 0.25) is 0 Å². The molecule has 1 heterocycles. The first-order valence-electron chi connectivity index (χ1n) is 8.60. The molecular weight excluding hydrogens is 429 g/mol. The molecule has 1 aromatic carbocycles. The Balaban J connectivity index is 1.98. The fraction of sp³-hybridized carbons (Fsp3) is 0.421. The lowest BCUT2D eigenvalue weighted by molar-refractivity contribution is -0.146. The van der Waals surface area contributed by atoms with E-state index in [-0.39, 0.29) is 18.1 Å². The van der Waals surface area contributed by atoms with Crippen LogP contribution in [0.4, 0.5) is 5.82 Å². The van der Waals surface area contributed by atoms with Crippen molar-refractivity contribution in [3.05, 3.63) is 50.5 Å². The van der Waals surface area contributed by atoms with Crippen LogP contribution in [0.15, 0.2) is 24.3 Å². The van der Waals surface area contributed by atoms with Crippen LogP contribution in [0.5, 0.6) is 0 Å². The molecule has 0 bridgehead atoms. The summed E-state index contributed by atoms with van der Waals surface area (Å²) < 4.78 is 6.53. The van der Waals surface area contributed by atoms with Crippen LogP contribution in [0.1, 0.15) is 49.3 Å². The maximum absolute atomic E-state index is 11.5. The van der Waals surface area contributed by atoms with Gasteiger partial charge in [0.1, 0.15) is 15.6 Å². The van der Waals surface area contributed by atoms with Gasteiger partial charge >= 0.3 is 5.97 Å². The summed E-state index contributed by atoms with van der Waals surface area (Å²) in [6.45, 7) is 5.61. The lowest BCUT2D eigenvalue weighted by atomic mass is 10.1. The molecule has 1 aromatic heterocycles. The Kier molecular flexibility index (Phi) is 5.56. The van der Waals surface area contributed by atoms with Gasteiger partial charge in [-0.05, 0) is 46.6 Å². The Labute approximate surface area is 161 Å². The Hall–Kier alpha value is -1.70. The molecule has 1 aliphatic carbocycles. The molecular formula is C19H22IN3O2. The maximum Gasteiger partial charge on any atom is 0.302 e. The zero-order chi connectivity index (χ0) is 18.0. The summed E-state index contributed by atoms with van der Waals surface area (Å²) in [5.41, 5.74) is 4.29. The summed E-state index contributed by atoms with van der Waals surface area (Å²) in [6.07, 6.45) is 2.11. The summed E-state index contributed by atoms with van der Waals surface area (Å²) in [7, 11) is 0. The molecule has 0 saturated carbocycles. The van der Waals surface area contributed by atoms with Crippen molar-refractivity contribution in [2.45, 2.75) is 52.2 Å². The first-order chi connectivity index (χ1) is 12.0. The van der Waals surface area contributed by atoms with Crippen molar-refractivity contribution in [2.24, 2.45) is 0 Å². The van der Waals surface area contributed by atoms with Crippen LogP contribution in [0.3, 0.4) is 0 Å². The average molecular weight is 451 g/mol. The highest BCUT2D eigenvalue weighted by Crippen LogP contribution is 2.36. The summed E-state index contributed by atoms with van der Waals surface area (Å²) in [4.78, 5) is 21.0. The predicted molar refractivity (Wildman–Crippen MR) is 106 cm³/mol. The quantitative estimate of drug-likeness (QED) is 0.553. The summed E-state index contributed by atoms with van der Waals surface area (Å²) >= 11 is 2.24. The molecule has 25 heavy (non-hydrogen) atoms. The molecule has 0 amide bonds. The van der Waals surface area contributed by atoms with Gasteiger partial charge in [0.05, 0.1) is 17.4 Å². The molecule has 0 radical (unpaired) electrons. The van der Waals surface area contributed by atoms with Gasteiger partial charge < -0.3 is 10.1 Å². The second-order valence-corrected chi connectivity index (χ2v) is 7.16. The monoisotopic (exact) mass is 451 g/mol. The van der Waals surface area contributed by atoms with Gasteiger partial charge in [-0.3, -0.25) is 4.79 Å². The van der Waals surface area contributed by atoms with E-state index in [1.54, 1.807) is 0 Å². The summed E-state index contributed by atoms with van der Waals surface area (Å²) in [6, 6.07) is 8.10. The van der Waals surface area contributed by atoms with Crippen LogP contribution < -0.4 is 5.32 Å². The van der Waals surface area contributed by atoms with Crippen LogP contribution in [-0.4, -0.2) is 22.0 Å². The fourth-order valence-electron chi connectivity index (χ4n) is 3.27. The number of aromatic nitrogens is 2. The van der Waals surface area contributed by atoms with E-state index >= 15 is 0 Å². The van der Waals surface area contributed by atoms with E-state index in [2.05, 4.69) is 53.9 Å². The van der Waals surface area contributed by atoms with Crippen molar-refractivity contribution >= 4 is 34.4 Å². The van der Waals surface area contributed by atoms with E-state index < -0.39 is 0 Å². The van der Waals surface area contributed by atoms with Gasteiger partial charge in [0.25, 0.3) is 0 Å². The Morgan fingerprint density at radius 3 is 2.64 bits per heavy atom. The van der Waals surface area contributed by atoms with E-state index in [1.165, 1.54) is 12.5 Å². The molecule has 0 aliphatic heterocycles.